The summed E-state index contributed by atoms with van der Waals surface area (Å²) in [7, 11) is -4.10. The number of rotatable bonds is 4. The van der Waals surface area contributed by atoms with Crippen LogP contribution in [0.3, 0.4) is 0 Å². The zero-order valence-corrected chi connectivity index (χ0v) is 12.4. The molecule has 0 aliphatic heterocycles. The molecule has 2 N–H and O–H groups in total. The van der Waals surface area contributed by atoms with Crippen molar-refractivity contribution in [3.05, 3.63) is 22.9 Å². The lowest BCUT2D eigenvalue weighted by Crippen LogP contribution is -2.16. The summed E-state index contributed by atoms with van der Waals surface area (Å²) in [6, 6.07) is 0. The summed E-state index contributed by atoms with van der Waals surface area (Å²) in [5, 5.41) is 9.18. The predicted molar refractivity (Wildman–Crippen MR) is 70.6 cm³/mol. The van der Waals surface area contributed by atoms with Crippen LogP contribution in [-0.4, -0.2) is 28.9 Å². The minimum Gasteiger partial charge on any atom is -0.478 e. The Morgan fingerprint density at radius 1 is 1.30 bits per heavy atom. The Morgan fingerprint density at radius 2 is 1.95 bits per heavy atom. The highest BCUT2D eigenvalue weighted by atomic mass is 32.2. The van der Waals surface area contributed by atoms with Crippen LogP contribution in [0.25, 0.3) is 0 Å². The zero-order chi connectivity index (χ0) is 15.1. The van der Waals surface area contributed by atoms with E-state index in [1.54, 1.807) is 6.92 Å². The number of aromatic nitrogens is 2. The molecule has 2 aromatic heterocycles. The van der Waals surface area contributed by atoms with Gasteiger partial charge in [-0.25, -0.2) is 18.2 Å². The summed E-state index contributed by atoms with van der Waals surface area (Å²) < 4.78 is 35.7. The average molecular weight is 317 g/mol. The SMILES string of the molecule is Cc1nsc(NS(=O)(=O)c2c(C)oc(C)c2C(=O)O)n1. The summed E-state index contributed by atoms with van der Waals surface area (Å²) >= 11 is 0.869. The van der Waals surface area contributed by atoms with E-state index in [-0.39, 0.29) is 22.2 Å². The normalized spacial score (nSPS) is 11.6. The summed E-state index contributed by atoms with van der Waals surface area (Å²) in [4.78, 5) is 14.7. The number of carboxylic acid groups (broad SMARTS) is 1. The Kier molecular flexibility index (Phi) is 3.52. The molecule has 0 unspecified atom stereocenters. The quantitative estimate of drug-likeness (QED) is 0.877. The van der Waals surface area contributed by atoms with Gasteiger partial charge in [0, 0.05) is 11.5 Å². The molecule has 2 heterocycles. The van der Waals surface area contributed by atoms with Crippen molar-refractivity contribution in [2.45, 2.75) is 25.7 Å². The van der Waals surface area contributed by atoms with Crippen LogP contribution in [-0.2, 0) is 10.0 Å². The maximum absolute atomic E-state index is 12.3. The molecule has 0 saturated heterocycles. The van der Waals surface area contributed by atoms with Crippen LogP contribution in [0.5, 0.6) is 0 Å². The third-order valence-electron chi connectivity index (χ3n) is 2.44. The van der Waals surface area contributed by atoms with Gasteiger partial charge in [0.2, 0.25) is 5.13 Å². The number of aryl methyl sites for hydroxylation is 3. The lowest BCUT2D eigenvalue weighted by atomic mass is 10.2. The smallest absolute Gasteiger partial charge is 0.340 e. The predicted octanol–water partition coefficient (Wildman–Crippen LogP) is 1.56. The van der Waals surface area contributed by atoms with Gasteiger partial charge in [0.15, 0.2) is 0 Å². The number of nitrogens with zero attached hydrogens (tertiary/aromatic N) is 2. The highest BCUT2D eigenvalue weighted by Crippen LogP contribution is 2.28. The second-order valence-electron chi connectivity index (χ2n) is 3.98. The van der Waals surface area contributed by atoms with E-state index >= 15 is 0 Å². The lowest BCUT2D eigenvalue weighted by molar-refractivity contribution is 0.0691. The van der Waals surface area contributed by atoms with Crippen molar-refractivity contribution in [2.24, 2.45) is 0 Å². The van der Waals surface area contributed by atoms with E-state index in [4.69, 9.17) is 9.52 Å². The largest absolute Gasteiger partial charge is 0.478 e. The van der Waals surface area contributed by atoms with Crippen LogP contribution in [0.1, 0.15) is 27.7 Å². The average Bonchev–Trinajstić information content (AvgIpc) is 2.81. The van der Waals surface area contributed by atoms with E-state index in [0.717, 1.165) is 11.5 Å². The molecular weight excluding hydrogens is 306 g/mol. The van der Waals surface area contributed by atoms with Gasteiger partial charge in [0.25, 0.3) is 10.0 Å². The topological polar surface area (TPSA) is 122 Å². The fourth-order valence-electron chi connectivity index (χ4n) is 1.74. The first-order valence-electron chi connectivity index (χ1n) is 5.39. The summed E-state index contributed by atoms with van der Waals surface area (Å²) in [5.41, 5.74) is -0.378. The standard InChI is InChI=1S/C10H11N3O5S2/c1-4-7(9(14)15)8(5(2)18-4)20(16,17)13-10-11-6(3)12-19-10/h1-3H3,(H,14,15)(H,11,12,13). The fourth-order valence-corrected chi connectivity index (χ4v) is 3.95. The van der Waals surface area contributed by atoms with Crippen molar-refractivity contribution in [3.8, 4) is 0 Å². The minimum absolute atomic E-state index is 0.00800. The van der Waals surface area contributed by atoms with E-state index in [0.29, 0.717) is 5.82 Å². The number of carbonyl (C=O) groups is 1. The van der Waals surface area contributed by atoms with Crippen LogP contribution in [0.15, 0.2) is 9.31 Å². The second-order valence-corrected chi connectivity index (χ2v) is 6.35. The first-order valence-corrected chi connectivity index (χ1v) is 7.64. The van der Waals surface area contributed by atoms with Crippen molar-refractivity contribution in [1.29, 1.82) is 0 Å². The highest BCUT2D eigenvalue weighted by molar-refractivity contribution is 7.93. The van der Waals surface area contributed by atoms with E-state index in [1.165, 1.54) is 13.8 Å². The second kappa shape index (κ2) is 4.87. The molecule has 8 nitrogen and oxygen atoms in total. The van der Waals surface area contributed by atoms with Gasteiger partial charge in [-0.15, -0.1) is 0 Å². The maximum atomic E-state index is 12.3. The highest BCUT2D eigenvalue weighted by Gasteiger charge is 2.31. The van der Waals surface area contributed by atoms with Crippen LogP contribution in [0, 0.1) is 20.8 Å². The number of aromatic carboxylic acids is 1. The van der Waals surface area contributed by atoms with Gasteiger partial charge in [0.05, 0.1) is 0 Å². The molecule has 2 aromatic rings. The minimum atomic E-state index is -4.10. The van der Waals surface area contributed by atoms with Gasteiger partial charge >= 0.3 is 5.97 Å². The first kappa shape index (κ1) is 14.5. The van der Waals surface area contributed by atoms with Crippen LogP contribution < -0.4 is 4.72 Å². The molecule has 0 bridgehead atoms. The van der Waals surface area contributed by atoms with E-state index in [9.17, 15) is 13.2 Å². The molecule has 2 rings (SSSR count). The Labute approximate surface area is 118 Å². The first-order chi connectivity index (χ1) is 9.22. The van der Waals surface area contributed by atoms with E-state index in [1.807, 2.05) is 0 Å². The maximum Gasteiger partial charge on any atom is 0.340 e. The van der Waals surface area contributed by atoms with Crippen molar-refractivity contribution in [3.63, 3.8) is 0 Å². The number of anilines is 1. The summed E-state index contributed by atoms with van der Waals surface area (Å²) in [6.45, 7) is 4.40. The van der Waals surface area contributed by atoms with Gasteiger partial charge < -0.3 is 9.52 Å². The molecule has 0 radical (unpaired) electrons. The molecule has 0 saturated carbocycles. The lowest BCUT2D eigenvalue weighted by Gasteiger charge is -2.04. The van der Waals surface area contributed by atoms with Crippen LogP contribution >= 0.6 is 11.5 Å². The molecule has 0 amide bonds. The molecule has 0 fully saturated rings. The van der Waals surface area contributed by atoms with E-state index < -0.39 is 20.9 Å². The third-order valence-corrected chi connectivity index (χ3v) is 4.78. The number of hydrogen-bond acceptors (Lipinski definition) is 7. The van der Waals surface area contributed by atoms with Gasteiger partial charge in [-0.2, -0.15) is 4.37 Å². The number of hydrogen-bond donors (Lipinski definition) is 2. The van der Waals surface area contributed by atoms with Crippen LogP contribution in [0.4, 0.5) is 5.13 Å². The molecule has 0 aliphatic rings. The molecule has 10 heteroatoms. The molecule has 0 aromatic carbocycles. The van der Waals surface area contributed by atoms with Crippen molar-refractivity contribution in [1.82, 2.24) is 9.36 Å². The van der Waals surface area contributed by atoms with Gasteiger partial charge in [-0.3, -0.25) is 4.72 Å². The monoisotopic (exact) mass is 317 g/mol. The number of sulfonamides is 1. The zero-order valence-electron chi connectivity index (χ0n) is 10.8. The molecule has 108 valence electrons. The van der Waals surface area contributed by atoms with E-state index in [2.05, 4.69) is 14.1 Å². The molecule has 0 aliphatic carbocycles. The van der Waals surface area contributed by atoms with Gasteiger partial charge in [0.1, 0.15) is 27.8 Å². The van der Waals surface area contributed by atoms with Crippen LogP contribution in [0.2, 0.25) is 0 Å². The Hall–Kier alpha value is -1.94. The Morgan fingerprint density at radius 3 is 2.45 bits per heavy atom. The molecule has 0 atom stereocenters. The van der Waals surface area contributed by atoms with Crippen molar-refractivity contribution < 1.29 is 22.7 Å². The summed E-state index contributed by atoms with van der Waals surface area (Å²) in [6.07, 6.45) is 0. The molecular formula is C10H11N3O5S2. The third kappa shape index (κ3) is 2.51. The van der Waals surface area contributed by atoms with Gasteiger partial charge in [-0.05, 0) is 20.8 Å². The fraction of sp³-hybridized carbons (Fsp3) is 0.300. The summed E-state index contributed by atoms with van der Waals surface area (Å²) in [5.74, 6) is -0.906. The number of carboxylic acids is 1. The van der Waals surface area contributed by atoms with Gasteiger partial charge in [-0.1, -0.05) is 0 Å². The number of nitrogens with one attached hydrogen (secondary N) is 1. The molecule has 0 spiro atoms. The Balaban J connectivity index is 2.52. The Bertz CT molecular complexity index is 775. The van der Waals surface area contributed by atoms with Crippen molar-refractivity contribution in [2.75, 3.05) is 4.72 Å². The van der Waals surface area contributed by atoms with Crippen molar-refractivity contribution >= 4 is 32.7 Å². The molecule has 20 heavy (non-hydrogen) atoms. The number of furan rings is 1.